The van der Waals surface area contributed by atoms with E-state index in [-0.39, 0.29) is 5.82 Å². The smallest absolute Gasteiger partial charge is 0.131 e. The van der Waals surface area contributed by atoms with Gasteiger partial charge in [0.2, 0.25) is 0 Å². The van der Waals surface area contributed by atoms with Crippen molar-refractivity contribution in [2.45, 2.75) is 0 Å². The van der Waals surface area contributed by atoms with Crippen LogP contribution in [-0.4, -0.2) is 0 Å². The van der Waals surface area contributed by atoms with Crippen LogP contribution in [0.15, 0.2) is 66.7 Å². The van der Waals surface area contributed by atoms with Crippen LogP contribution in [0.5, 0.6) is 0 Å². The van der Waals surface area contributed by atoms with E-state index in [1.807, 2.05) is 18.2 Å². The molecule has 0 unspecified atom stereocenters. The molecule has 0 fully saturated rings. The maximum Gasteiger partial charge on any atom is 0.131 e. The van der Waals surface area contributed by atoms with E-state index < -0.39 is 0 Å². The first kappa shape index (κ1) is 11.0. The Morgan fingerprint density at radius 3 is 2.33 bits per heavy atom. The minimum atomic E-state index is -0.146. The molecule has 1 heteroatoms. The van der Waals surface area contributed by atoms with Crippen LogP contribution in [0.4, 0.5) is 4.39 Å². The summed E-state index contributed by atoms with van der Waals surface area (Å²) < 4.78 is 14.1. The molecule has 0 atom stereocenters. The molecule has 0 spiro atoms. The Labute approximate surface area is 121 Å². The molecule has 0 saturated carbocycles. The minimum Gasteiger partial charge on any atom is -0.206 e. The van der Waals surface area contributed by atoms with Crippen molar-refractivity contribution in [3.05, 3.63) is 72.5 Å². The van der Waals surface area contributed by atoms with Crippen molar-refractivity contribution >= 4 is 21.5 Å². The molecule has 0 aromatic heterocycles. The number of halogens is 1. The monoisotopic (exact) mass is 270 g/mol. The first-order chi connectivity index (χ1) is 10.3. The van der Waals surface area contributed by atoms with Crippen LogP contribution in [-0.2, 0) is 0 Å². The third-order valence-electron chi connectivity index (χ3n) is 4.48. The number of fused-ring (bicyclic) bond motifs is 5. The molecule has 0 saturated heterocycles. The molecule has 4 aromatic rings. The summed E-state index contributed by atoms with van der Waals surface area (Å²) in [6.07, 6.45) is 0. The highest BCUT2D eigenvalue weighted by Crippen LogP contribution is 2.50. The largest absolute Gasteiger partial charge is 0.206 e. The zero-order valence-electron chi connectivity index (χ0n) is 11.2. The highest BCUT2D eigenvalue weighted by atomic mass is 19.1. The molecule has 0 bridgehead atoms. The van der Waals surface area contributed by atoms with Crippen LogP contribution < -0.4 is 0 Å². The van der Waals surface area contributed by atoms with Crippen molar-refractivity contribution in [1.82, 2.24) is 0 Å². The summed E-state index contributed by atoms with van der Waals surface area (Å²) in [7, 11) is 0. The Kier molecular flexibility index (Phi) is 1.95. The maximum atomic E-state index is 14.1. The van der Waals surface area contributed by atoms with Gasteiger partial charge in [0.05, 0.1) is 0 Å². The van der Waals surface area contributed by atoms with Gasteiger partial charge in [0.25, 0.3) is 0 Å². The Bertz CT molecular complexity index is 1040. The molecule has 0 radical (unpaired) electrons. The van der Waals surface area contributed by atoms with E-state index in [1.54, 1.807) is 6.07 Å². The van der Waals surface area contributed by atoms with E-state index in [0.29, 0.717) is 5.39 Å². The summed E-state index contributed by atoms with van der Waals surface area (Å²) in [6.45, 7) is 0. The summed E-state index contributed by atoms with van der Waals surface area (Å²) >= 11 is 0. The van der Waals surface area contributed by atoms with Crippen molar-refractivity contribution in [3.63, 3.8) is 0 Å². The summed E-state index contributed by atoms with van der Waals surface area (Å²) in [5, 5.41) is 4.22. The van der Waals surface area contributed by atoms with E-state index in [9.17, 15) is 4.39 Å². The van der Waals surface area contributed by atoms with Gasteiger partial charge in [-0.05, 0) is 39.1 Å². The molecule has 5 rings (SSSR count). The van der Waals surface area contributed by atoms with Crippen LogP contribution in [0.25, 0.3) is 43.8 Å². The van der Waals surface area contributed by atoms with Gasteiger partial charge in [-0.1, -0.05) is 60.7 Å². The van der Waals surface area contributed by atoms with Crippen molar-refractivity contribution in [1.29, 1.82) is 0 Å². The van der Waals surface area contributed by atoms with Crippen molar-refractivity contribution < 1.29 is 4.39 Å². The topological polar surface area (TPSA) is 0 Å². The molecule has 21 heavy (non-hydrogen) atoms. The molecule has 98 valence electrons. The normalized spacial score (nSPS) is 12.0. The predicted octanol–water partition coefficient (Wildman–Crippen LogP) is 5.78. The van der Waals surface area contributed by atoms with Gasteiger partial charge in [0.15, 0.2) is 0 Å². The van der Waals surface area contributed by atoms with E-state index in [2.05, 4.69) is 42.5 Å². The van der Waals surface area contributed by atoms with Gasteiger partial charge in [-0.25, -0.2) is 4.39 Å². The lowest BCUT2D eigenvalue weighted by Gasteiger charge is -2.07. The highest BCUT2D eigenvalue weighted by molar-refractivity contribution is 6.21. The lowest BCUT2D eigenvalue weighted by atomic mass is 9.97. The van der Waals surface area contributed by atoms with Crippen LogP contribution in [0.3, 0.4) is 0 Å². The lowest BCUT2D eigenvalue weighted by molar-refractivity contribution is 0.640. The summed E-state index contributed by atoms with van der Waals surface area (Å²) in [4.78, 5) is 0. The van der Waals surface area contributed by atoms with Gasteiger partial charge >= 0.3 is 0 Å². The highest BCUT2D eigenvalue weighted by Gasteiger charge is 2.23. The summed E-state index contributed by atoms with van der Waals surface area (Å²) in [5.41, 5.74) is 4.73. The van der Waals surface area contributed by atoms with Crippen LogP contribution >= 0.6 is 0 Å². The fourth-order valence-corrected chi connectivity index (χ4v) is 3.59. The van der Waals surface area contributed by atoms with E-state index in [4.69, 9.17) is 0 Å². The molecule has 1 aliphatic carbocycles. The standard InChI is InChI=1S/C20H11F/c21-18-11-10-17-19-13-5-2-1-4-12(13)8-9-15(19)14-6-3-7-16(18)20(14)17/h1-11H. The van der Waals surface area contributed by atoms with Crippen LogP contribution in [0, 0.1) is 5.82 Å². The number of rotatable bonds is 0. The zero-order chi connectivity index (χ0) is 14.0. The zero-order valence-corrected chi connectivity index (χ0v) is 11.2. The van der Waals surface area contributed by atoms with Crippen molar-refractivity contribution in [2.24, 2.45) is 0 Å². The third-order valence-corrected chi connectivity index (χ3v) is 4.48. The van der Waals surface area contributed by atoms with E-state index in [1.165, 1.54) is 21.9 Å². The second-order valence-corrected chi connectivity index (χ2v) is 5.53. The van der Waals surface area contributed by atoms with Crippen LogP contribution in [0.2, 0.25) is 0 Å². The molecule has 0 aliphatic heterocycles. The average Bonchev–Trinajstić information content (AvgIpc) is 2.87. The summed E-state index contributed by atoms with van der Waals surface area (Å²) in [6, 6.07) is 22.1. The predicted molar refractivity (Wildman–Crippen MR) is 85.8 cm³/mol. The molecule has 0 amide bonds. The lowest BCUT2D eigenvalue weighted by Crippen LogP contribution is -1.81. The Balaban J connectivity index is 2.07. The fourth-order valence-electron chi connectivity index (χ4n) is 3.59. The van der Waals surface area contributed by atoms with E-state index >= 15 is 0 Å². The van der Waals surface area contributed by atoms with Gasteiger partial charge in [-0.2, -0.15) is 0 Å². The van der Waals surface area contributed by atoms with Gasteiger partial charge in [0.1, 0.15) is 5.82 Å². The Morgan fingerprint density at radius 1 is 0.571 bits per heavy atom. The van der Waals surface area contributed by atoms with Crippen molar-refractivity contribution in [2.75, 3.05) is 0 Å². The van der Waals surface area contributed by atoms with E-state index in [0.717, 1.165) is 16.5 Å². The SMILES string of the molecule is Fc1ccc2c3c(cccc13)-c1ccc3ccccc3c1-2. The maximum absolute atomic E-state index is 14.1. The molecular formula is C20H11F. The number of hydrogen-bond acceptors (Lipinski definition) is 0. The molecular weight excluding hydrogens is 259 g/mol. The Morgan fingerprint density at radius 2 is 1.38 bits per heavy atom. The van der Waals surface area contributed by atoms with Gasteiger partial charge in [-0.3, -0.25) is 0 Å². The molecule has 0 N–H and O–H groups in total. The quantitative estimate of drug-likeness (QED) is 0.334. The van der Waals surface area contributed by atoms with Gasteiger partial charge < -0.3 is 0 Å². The number of hydrogen-bond donors (Lipinski definition) is 0. The average molecular weight is 270 g/mol. The minimum absolute atomic E-state index is 0.146. The van der Waals surface area contributed by atoms with Gasteiger partial charge in [0, 0.05) is 10.8 Å². The van der Waals surface area contributed by atoms with Crippen LogP contribution in [0.1, 0.15) is 0 Å². The van der Waals surface area contributed by atoms with Gasteiger partial charge in [-0.15, -0.1) is 0 Å². The second kappa shape index (κ2) is 3.70. The first-order valence-corrected chi connectivity index (χ1v) is 7.08. The molecule has 4 aromatic carbocycles. The molecule has 1 aliphatic rings. The van der Waals surface area contributed by atoms with Crippen molar-refractivity contribution in [3.8, 4) is 22.3 Å². The summed E-state index contributed by atoms with van der Waals surface area (Å²) in [5.74, 6) is -0.146. The fraction of sp³-hybridized carbons (Fsp3) is 0. The number of benzene rings is 4. The molecule has 0 heterocycles. The Hall–Kier alpha value is -2.67. The molecule has 0 nitrogen and oxygen atoms in total. The second-order valence-electron chi connectivity index (χ2n) is 5.53. The first-order valence-electron chi connectivity index (χ1n) is 7.08. The third kappa shape index (κ3) is 1.28.